The molecule has 6 nitrogen and oxygen atoms in total. The predicted molar refractivity (Wildman–Crippen MR) is 42.2 cm³/mol. The van der Waals surface area contributed by atoms with Crippen molar-refractivity contribution < 1.29 is 19.5 Å². The average molecular weight is 186 g/mol. The highest BCUT2D eigenvalue weighted by Crippen LogP contribution is 2.21. The molecule has 0 aliphatic heterocycles. The van der Waals surface area contributed by atoms with E-state index in [1.165, 1.54) is 6.92 Å². The van der Waals surface area contributed by atoms with Crippen LogP contribution in [0.4, 0.5) is 0 Å². The summed E-state index contributed by atoms with van der Waals surface area (Å²) in [5.74, 6) is -1.01. The summed E-state index contributed by atoms with van der Waals surface area (Å²) in [5, 5.41) is 21.2. The Bertz CT molecular complexity index is 320. The number of carboxylic acids is 1. The van der Waals surface area contributed by atoms with Gasteiger partial charge in [-0.2, -0.15) is 0 Å². The third-order valence-corrected chi connectivity index (χ3v) is 1.63. The number of carboxylic acid groups (broad SMARTS) is 1. The first-order valence-corrected chi connectivity index (χ1v) is 3.65. The van der Waals surface area contributed by atoms with Gasteiger partial charge in [-0.15, -0.1) is 0 Å². The van der Waals surface area contributed by atoms with Crippen LogP contribution in [0.25, 0.3) is 0 Å². The Morgan fingerprint density at radius 1 is 1.77 bits per heavy atom. The molecule has 1 aromatic heterocycles. The number of nitrogens with zero attached hydrogens (tertiary/aromatic N) is 1. The SMILES string of the molecule is Cc1onc(C[C@H](N)C(=O)O)c1O. The van der Waals surface area contributed by atoms with Crippen molar-refractivity contribution in [2.75, 3.05) is 0 Å². The van der Waals surface area contributed by atoms with E-state index in [1.807, 2.05) is 0 Å². The van der Waals surface area contributed by atoms with E-state index in [0.717, 1.165) is 0 Å². The third-order valence-electron chi connectivity index (χ3n) is 1.63. The molecule has 0 saturated carbocycles. The minimum Gasteiger partial charge on any atom is -0.503 e. The Hall–Kier alpha value is -1.56. The molecule has 0 aliphatic carbocycles. The van der Waals surface area contributed by atoms with Crippen molar-refractivity contribution >= 4 is 5.97 Å². The lowest BCUT2D eigenvalue weighted by Crippen LogP contribution is -2.32. The summed E-state index contributed by atoms with van der Waals surface area (Å²) in [7, 11) is 0. The highest BCUT2D eigenvalue weighted by Gasteiger charge is 2.18. The molecule has 13 heavy (non-hydrogen) atoms. The number of nitrogens with two attached hydrogens (primary N) is 1. The lowest BCUT2D eigenvalue weighted by molar-refractivity contribution is -0.138. The maximum Gasteiger partial charge on any atom is 0.320 e. The topological polar surface area (TPSA) is 110 Å². The van der Waals surface area contributed by atoms with Crippen LogP contribution in [0.5, 0.6) is 5.75 Å². The number of aromatic nitrogens is 1. The summed E-state index contributed by atoms with van der Waals surface area (Å²) in [5.41, 5.74) is 5.41. The molecule has 1 heterocycles. The second kappa shape index (κ2) is 3.44. The zero-order chi connectivity index (χ0) is 10.0. The number of aryl methyl sites for hydroxylation is 1. The van der Waals surface area contributed by atoms with E-state index < -0.39 is 12.0 Å². The van der Waals surface area contributed by atoms with Crippen molar-refractivity contribution in [3.05, 3.63) is 11.5 Å². The van der Waals surface area contributed by atoms with Crippen LogP contribution in [0.3, 0.4) is 0 Å². The molecule has 1 atom stereocenters. The summed E-state index contributed by atoms with van der Waals surface area (Å²) in [6, 6.07) is -1.07. The molecule has 0 radical (unpaired) electrons. The van der Waals surface area contributed by atoms with E-state index >= 15 is 0 Å². The van der Waals surface area contributed by atoms with Crippen LogP contribution < -0.4 is 5.73 Å². The molecule has 4 N–H and O–H groups in total. The Labute approximate surface area is 73.9 Å². The monoisotopic (exact) mass is 186 g/mol. The fourth-order valence-corrected chi connectivity index (χ4v) is 0.843. The number of hydrogen-bond donors (Lipinski definition) is 3. The molecule has 0 spiro atoms. The lowest BCUT2D eigenvalue weighted by atomic mass is 10.1. The Morgan fingerprint density at radius 3 is 2.77 bits per heavy atom. The van der Waals surface area contributed by atoms with Crippen molar-refractivity contribution in [2.45, 2.75) is 19.4 Å². The molecule has 0 saturated heterocycles. The molecule has 1 rings (SSSR count). The minimum absolute atomic E-state index is 0.0431. The fourth-order valence-electron chi connectivity index (χ4n) is 0.843. The maximum atomic E-state index is 10.4. The molecular weight excluding hydrogens is 176 g/mol. The van der Waals surface area contributed by atoms with Gasteiger partial charge in [0.05, 0.1) is 0 Å². The van der Waals surface area contributed by atoms with Gasteiger partial charge in [-0.1, -0.05) is 5.16 Å². The molecule has 0 unspecified atom stereocenters. The molecule has 0 bridgehead atoms. The maximum absolute atomic E-state index is 10.4. The van der Waals surface area contributed by atoms with Gasteiger partial charge in [0.2, 0.25) is 0 Å². The van der Waals surface area contributed by atoms with Crippen LogP contribution in [0.1, 0.15) is 11.5 Å². The Morgan fingerprint density at radius 2 is 2.38 bits per heavy atom. The molecular formula is C7H10N2O4. The summed E-state index contributed by atoms with van der Waals surface area (Å²) in [6.45, 7) is 1.53. The van der Waals surface area contributed by atoms with E-state index in [-0.39, 0.29) is 23.6 Å². The molecule has 72 valence electrons. The van der Waals surface area contributed by atoms with Gasteiger partial charge in [-0.05, 0) is 0 Å². The van der Waals surface area contributed by atoms with Crippen molar-refractivity contribution in [1.29, 1.82) is 0 Å². The Kier molecular flexibility index (Phi) is 2.52. The standard InChI is InChI=1S/C7H10N2O4/c1-3-6(10)5(9-13-3)2-4(8)7(11)12/h4,10H,2,8H2,1H3,(H,11,12)/t4-/m0/s1. The molecule has 0 amide bonds. The van der Waals surface area contributed by atoms with Crippen LogP contribution in [0.15, 0.2) is 4.52 Å². The second-order valence-corrected chi connectivity index (χ2v) is 2.68. The number of carbonyl (C=O) groups is 1. The molecule has 1 aromatic rings. The number of aliphatic carboxylic acids is 1. The van der Waals surface area contributed by atoms with E-state index in [2.05, 4.69) is 9.68 Å². The summed E-state index contributed by atoms with van der Waals surface area (Å²) >= 11 is 0. The summed E-state index contributed by atoms with van der Waals surface area (Å²) < 4.78 is 4.63. The fraction of sp³-hybridized carbons (Fsp3) is 0.429. The van der Waals surface area contributed by atoms with Gasteiger partial charge in [0.25, 0.3) is 0 Å². The summed E-state index contributed by atoms with van der Waals surface area (Å²) in [6.07, 6.45) is -0.0431. The predicted octanol–water partition coefficient (Wildman–Crippen LogP) is -0.357. The highest BCUT2D eigenvalue weighted by molar-refractivity contribution is 5.73. The van der Waals surface area contributed by atoms with Crippen LogP contribution >= 0.6 is 0 Å². The number of aromatic hydroxyl groups is 1. The number of hydrogen-bond acceptors (Lipinski definition) is 5. The van der Waals surface area contributed by atoms with Crippen molar-refractivity contribution in [2.24, 2.45) is 5.73 Å². The first-order valence-electron chi connectivity index (χ1n) is 3.65. The van der Waals surface area contributed by atoms with E-state index in [0.29, 0.717) is 0 Å². The van der Waals surface area contributed by atoms with Gasteiger partial charge in [0.1, 0.15) is 11.7 Å². The van der Waals surface area contributed by atoms with Gasteiger partial charge < -0.3 is 20.5 Å². The van der Waals surface area contributed by atoms with Crippen LogP contribution in [-0.4, -0.2) is 27.4 Å². The van der Waals surface area contributed by atoms with E-state index in [4.69, 9.17) is 10.8 Å². The van der Waals surface area contributed by atoms with Crippen LogP contribution in [-0.2, 0) is 11.2 Å². The zero-order valence-corrected chi connectivity index (χ0v) is 7.02. The van der Waals surface area contributed by atoms with Gasteiger partial charge in [-0.25, -0.2) is 0 Å². The van der Waals surface area contributed by atoms with Crippen LogP contribution in [0.2, 0.25) is 0 Å². The largest absolute Gasteiger partial charge is 0.503 e. The third kappa shape index (κ3) is 1.97. The van der Waals surface area contributed by atoms with Gasteiger partial charge in [0, 0.05) is 13.3 Å². The first kappa shape index (κ1) is 9.53. The number of rotatable bonds is 3. The van der Waals surface area contributed by atoms with Gasteiger partial charge in [-0.3, -0.25) is 4.79 Å². The first-order chi connectivity index (χ1) is 6.02. The lowest BCUT2D eigenvalue weighted by Gasteiger charge is -2.02. The van der Waals surface area contributed by atoms with Crippen LogP contribution in [0, 0.1) is 6.92 Å². The van der Waals surface area contributed by atoms with Crippen molar-refractivity contribution in [3.8, 4) is 5.75 Å². The average Bonchev–Trinajstić information content (AvgIpc) is 2.36. The smallest absolute Gasteiger partial charge is 0.320 e. The quantitative estimate of drug-likeness (QED) is 0.594. The van der Waals surface area contributed by atoms with Gasteiger partial charge >= 0.3 is 5.97 Å². The van der Waals surface area contributed by atoms with Gasteiger partial charge in [0.15, 0.2) is 11.5 Å². The molecule has 0 aromatic carbocycles. The normalized spacial score (nSPS) is 12.8. The Balaban J connectivity index is 2.74. The van der Waals surface area contributed by atoms with Crippen molar-refractivity contribution in [1.82, 2.24) is 5.16 Å². The molecule has 0 aliphatic rings. The molecule has 6 heteroatoms. The molecule has 0 fully saturated rings. The van der Waals surface area contributed by atoms with E-state index in [9.17, 15) is 9.90 Å². The van der Waals surface area contributed by atoms with E-state index in [1.54, 1.807) is 0 Å². The van der Waals surface area contributed by atoms with Crippen molar-refractivity contribution in [3.63, 3.8) is 0 Å². The minimum atomic E-state index is -1.14. The highest BCUT2D eigenvalue weighted by atomic mass is 16.5. The zero-order valence-electron chi connectivity index (χ0n) is 7.02. The summed E-state index contributed by atoms with van der Waals surface area (Å²) in [4.78, 5) is 10.4. The second-order valence-electron chi connectivity index (χ2n) is 2.68.